The van der Waals surface area contributed by atoms with E-state index in [1.54, 1.807) is 0 Å². The summed E-state index contributed by atoms with van der Waals surface area (Å²) in [6.45, 7) is 0.561. The normalized spacial score (nSPS) is 18.1. The molecular weight excluding hydrogens is 298 g/mol. The minimum Gasteiger partial charge on any atom is -0.489 e. The van der Waals surface area contributed by atoms with Crippen LogP contribution in [0.3, 0.4) is 0 Å². The van der Waals surface area contributed by atoms with Crippen LogP contribution < -0.4 is 10.5 Å². The Kier molecular flexibility index (Phi) is 5.54. The lowest BCUT2D eigenvalue weighted by Crippen LogP contribution is -2.35. The molecule has 0 aliphatic heterocycles. The Morgan fingerprint density at radius 2 is 1.62 bits per heavy atom. The van der Waals surface area contributed by atoms with E-state index in [9.17, 15) is 5.11 Å². The zero-order chi connectivity index (χ0) is 16.8. The first-order chi connectivity index (χ1) is 11.6. The van der Waals surface area contributed by atoms with Gasteiger partial charge in [-0.05, 0) is 42.5 Å². The predicted octanol–water partition coefficient (Wildman–Crippen LogP) is 4.35. The van der Waals surface area contributed by atoms with Gasteiger partial charge in [0, 0.05) is 6.04 Å². The van der Waals surface area contributed by atoms with Gasteiger partial charge in [0.05, 0.1) is 5.60 Å². The van der Waals surface area contributed by atoms with Crippen molar-refractivity contribution in [1.29, 1.82) is 0 Å². The third-order valence-corrected chi connectivity index (χ3v) is 4.94. The number of aliphatic hydroxyl groups is 1. The van der Waals surface area contributed by atoms with Crippen LogP contribution in [-0.4, -0.2) is 10.7 Å². The summed E-state index contributed by atoms with van der Waals surface area (Å²) in [5.74, 6) is 0.839. The molecule has 2 aromatic rings. The van der Waals surface area contributed by atoms with E-state index in [0.717, 1.165) is 42.6 Å². The van der Waals surface area contributed by atoms with Gasteiger partial charge in [0.15, 0.2) is 0 Å². The highest BCUT2D eigenvalue weighted by Crippen LogP contribution is 2.35. The van der Waals surface area contributed by atoms with Gasteiger partial charge in [0.25, 0.3) is 0 Å². The maximum absolute atomic E-state index is 10.7. The van der Waals surface area contributed by atoms with E-state index in [1.807, 2.05) is 42.5 Å². The monoisotopic (exact) mass is 325 g/mol. The topological polar surface area (TPSA) is 55.5 Å². The van der Waals surface area contributed by atoms with Gasteiger partial charge in [-0.2, -0.15) is 0 Å². The molecule has 3 nitrogen and oxygen atoms in total. The second-order valence-electron chi connectivity index (χ2n) is 6.94. The van der Waals surface area contributed by atoms with Crippen molar-refractivity contribution >= 4 is 0 Å². The Balaban J connectivity index is 1.55. The summed E-state index contributed by atoms with van der Waals surface area (Å²) in [6, 6.07) is 17.9. The highest BCUT2D eigenvalue weighted by Gasteiger charge is 2.31. The summed E-state index contributed by atoms with van der Waals surface area (Å²) in [5, 5.41) is 10.7. The predicted molar refractivity (Wildman–Crippen MR) is 96.8 cm³/mol. The summed E-state index contributed by atoms with van der Waals surface area (Å²) in [7, 11) is 0. The Labute approximate surface area is 144 Å². The Morgan fingerprint density at radius 1 is 0.958 bits per heavy atom. The van der Waals surface area contributed by atoms with Crippen molar-refractivity contribution < 1.29 is 9.84 Å². The van der Waals surface area contributed by atoms with Gasteiger partial charge in [-0.15, -0.1) is 0 Å². The van der Waals surface area contributed by atoms with Crippen LogP contribution in [0.5, 0.6) is 5.75 Å². The SMILES string of the molecule is NC(CC1(O)CCCCC1)c1ccc(OCc2ccccc2)cc1. The van der Waals surface area contributed by atoms with Crippen molar-refractivity contribution in [3.63, 3.8) is 0 Å². The van der Waals surface area contributed by atoms with Crippen molar-refractivity contribution in [3.05, 3.63) is 65.7 Å². The van der Waals surface area contributed by atoms with Gasteiger partial charge in [0.2, 0.25) is 0 Å². The molecule has 2 aromatic carbocycles. The van der Waals surface area contributed by atoms with Crippen LogP contribution in [0.4, 0.5) is 0 Å². The highest BCUT2D eigenvalue weighted by atomic mass is 16.5. The zero-order valence-corrected chi connectivity index (χ0v) is 14.2. The molecule has 1 unspecified atom stereocenters. The fourth-order valence-electron chi connectivity index (χ4n) is 3.49. The van der Waals surface area contributed by atoms with Crippen molar-refractivity contribution in [2.45, 2.75) is 56.8 Å². The first kappa shape index (κ1) is 17.0. The minimum absolute atomic E-state index is 0.128. The summed E-state index contributed by atoms with van der Waals surface area (Å²) < 4.78 is 5.81. The molecule has 1 saturated carbocycles. The molecule has 1 atom stereocenters. The van der Waals surface area contributed by atoms with E-state index < -0.39 is 5.60 Å². The summed E-state index contributed by atoms with van der Waals surface area (Å²) in [6.07, 6.45) is 5.82. The molecule has 0 spiro atoms. The molecule has 1 aliphatic rings. The maximum Gasteiger partial charge on any atom is 0.119 e. The van der Waals surface area contributed by atoms with Gasteiger partial charge >= 0.3 is 0 Å². The molecular formula is C21H27NO2. The molecule has 128 valence electrons. The third-order valence-electron chi connectivity index (χ3n) is 4.94. The van der Waals surface area contributed by atoms with Crippen molar-refractivity contribution in [2.24, 2.45) is 5.73 Å². The largest absolute Gasteiger partial charge is 0.489 e. The molecule has 0 saturated heterocycles. The Bertz CT molecular complexity index is 618. The summed E-state index contributed by atoms with van der Waals surface area (Å²) in [5.41, 5.74) is 7.95. The van der Waals surface area contributed by atoms with Crippen LogP contribution in [0.1, 0.15) is 55.7 Å². The highest BCUT2D eigenvalue weighted by molar-refractivity contribution is 5.29. The smallest absolute Gasteiger partial charge is 0.119 e. The summed E-state index contributed by atoms with van der Waals surface area (Å²) in [4.78, 5) is 0. The molecule has 0 heterocycles. The van der Waals surface area contributed by atoms with Gasteiger partial charge < -0.3 is 15.6 Å². The lowest BCUT2D eigenvalue weighted by molar-refractivity contribution is -0.00944. The fourth-order valence-corrected chi connectivity index (χ4v) is 3.49. The van der Waals surface area contributed by atoms with Gasteiger partial charge in [-0.25, -0.2) is 0 Å². The minimum atomic E-state index is -0.583. The first-order valence-corrected chi connectivity index (χ1v) is 8.89. The summed E-state index contributed by atoms with van der Waals surface area (Å²) >= 11 is 0. The van der Waals surface area contributed by atoms with E-state index in [0.29, 0.717) is 13.0 Å². The molecule has 3 heteroatoms. The van der Waals surface area contributed by atoms with Crippen molar-refractivity contribution in [1.82, 2.24) is 0 Å². The second-order valence-corrected chi connectivity index (χ2v) is 6.94. The van der Waals surface area contributed by atoms with Gasteiger partial charge in [0.1, 0.15) is 12.4 Å². The molecule has 0 radical (unpaired) electrons. The van der Waals surface area contributed by atoms with Crippen LogP contribution in [0.2, 0.25) is 0 Å². The molecule has 1 aliphatic carbocycles. The van der Waals surface area contributed by atoms with E-state index in [4.69, 9.17) is 10.5 Å². The van der Waals surface area contributed by atoms with E-state index in [1.165, 1.54) is 6.42 Å². The van der Waals surface area contributed by atoms with Gasteiger partial charge in [-0.3, -0.25) is 0 Å². The Hall–Kier alpha value is -1.84. The molecule has 0 bridgehead atoms. The second kappa shape index (κ2) is 7.82. The third kappa shape index (κ3) is 4.59. The number of hydrogen-bond acceptors (Lipinski definition) is 3. The number of hydrogen-bond donors (Lipinski definition) is 2. The average Bonchev–Trinajstić information content (AvgIpc) is 2.61. The molecule has 1 fully saturated rings. The number of ether oxygens (including phenoxy) is 1. The van der Waals surface area contributed by atoms with E-state index >= 15 is 0 Å². The van der Waals surface area contributed by atoms with Gasteiger partial charge in [-0.1, -0.05) is 61.7 Å². The molecule has 0 aromatic heterocycles. The van der Waals surface area contributed by atoms with E-state index in [-0.39, 0.29) is 6.04 Å². The van der Waals surface area contributed by atoms with Crippen LogP contribution in [-0.2, 0) is 6.61 Å². The molecule has 3 N–H and O–H groups in total. The quantitative estimate of drug-likeness (QED) is 0.830. The standard InChI is InChI=1S/C21H27NO2/c22-20(15-21(23)13-5-2-6-14-21)18-9-11-19(12-10-18)24-16-17-7-3-1-4-8-17/h1,3-4,7-12,20,23H,2,5-6,13-16,22H2. The maximum atomic E-state index is 10.7. The van der Waals surface area contributed by atoms with Crippen molar-refractivity contribution in [2.75, 3.05) is 0 Å². The van der Waals surface area contributed by atoms with Crippen LogP contribution in [0.15, 0.2) is 54.6 Å². The number of rotatable bonds is 6. The fraction of sp³-hybridized carbons (Fsp3) is 0.429. The first-order valence-electron chi connectivity index (χ1n) is 8.89. The number of nitrogens with two attached hydrogens (primary N) is 1. The lowest BCUT2D eigenvalue weighted by Gasteiger charge is -2.34. The lowest BCUT2D eigenvalue weighted by atomic mass is 9.79. The van der Waals surface area contributed by atoms with E-state index in [2.05, 4.69) is 12.1 Å². The molecule has 24 heavy (non-hydrogen) atoms. The van der Waals surface area contributed by atoms with Crippen molar-refractivity contribution in [3.8, 4) is 5.75 Å². The van der Waals surface area contributed by atoms with Crippen LogP contribution in [0.25, 0.3) is 0 Å². The van der Waals surface area contributed by atoms with Crippen LogP contribution >= 0.6 is 0 Å². The van der Waals surface area contributed by atoms with Crippen LogP contribution in [0, 0.1) is 0 Å². The average molecular weight is 325 g/mol. The number of benzene rings is 2. The molecule has 3 rings (SSSR count). The molecule has 0 amide bonds. The zero-order valence-electron chi connectivity index (χ0n) is 14.2. The Morgan fingerprint density at radius 3 is 2.29 bits per heavy atom.